The first-order valence-electron chi connectivity index (χ1n) is 3.39. The number of hydrogen-bond acceptors (Lipinski definition) is 3. The molecule has 0 aliphatic heterocycles. The van der Waals surface area contributed by atoms with E-state index in [2.05, 4.69) is 6.92 Å². The zero-order chi connectivity index (χ0) is 7.82. The molecule has 3 nitrogen and oxygen atoms in total. The summed E-state index contributed by atoms with van der Waals surface area (Å²) in [5.74, 6) is 0. The Hall–Kier alpha value is -0.540. The lowest BCUT2D eigenvalue weighted by molar-refractivity contribution is -0.307. The normalized spacial score (nSPS) is 10.7. The lowest BCUT2D eigenvalue weighted by atomic mass is 10.3. The van der Waals surface area contributed by atoms with Crippen molar-refractivity contribution in [3.63, 3.8) is 0 Å². The molecular formula is C7H15NO2. The average Bonchev–Trinajstić information content (AvgIpc) is 1.99. The molecule has 0 atom stereocenters. The molecule has 0 radical (unpaired) electrons. The number of hydroxylamine groups is 2. The van der Waals surface area contributed by atoms with Gasteiger partial charge in [0.25, 0.3) is 0 Å². The van der Waals surface area contributed by atoms with Crippen molar-refractivity contribution in [3.05, 3.63) is 12.3 Å². The van der Waals surface area contributed by atoms with E-state index in [0.717, 1.165) is 12.8 Å². The van der Waals surface area contributed by atoms with Crippen molar-refractivity contribution in [1.82, 2.24) is 5.23 Å². The minimum absolute atomic E-state index is 1.04. The van der Waals surface area contributed by atoms with Gasteiger partial charge < -0.3 is 0 Å². The smallest absolute Gasteiger partial charge is 0.0665 e. The van der Waals surface area contributed by atoms with Crippen LogP contribution in [0, 0.1) is 0 Å². The van der Waals surface area contributed by atoms with E-state index in [1.54, 1.807) is 20.4 Å². The maximum Gasteiger partial charge on any atom is 0.0665 e. The van der Waals surface area contributed by atoms with Crippen LogP contribution in [0.4, 0.5) is 0 Å². The van der Waals surface area contributed by atoms with Crippen LogP contribution in [-0.4, -0.2) is 19.4 Å². The number of unbranched alkanes of at least 4 members (excludes halogenated alkanes) is 1. The van der Waals surface area contributed by atoms with Crippen molar-refractivity contribution in [3.8, 4) is 0 Å². The van der Waals surface area contributed by atoms with E-state index >= 15 is 0 Å². The van der Waals surface area contributed by atoms with E-state index in [0.29, 0.717) is 0 Å². The summed E-state index contributed by atoms with van der Waals surface area (Å²) in [5.41, 5.74) is 0. The second kappa shape index (κ2) is 6.58. The van der Waals surface area contributed by atoms with Crippen molar-refractivity contribution < 1.29 is 9.68 Å². The zero-order valence-electron chi connectivity index (χ0n) is 6.83. The van der Waals surface area contributed by atoms with Gasteiger partial charge in [0.05, 0.1) is 20.4 Å². The van der Waals surface area contributed by atoms with Crippen LogP contribution in [0.5, 0.6) is 0 Å². The molecule has 0 spiro atoms. The fraction of sp³-hybridized carbons (Fsp3) is 0.714. The summed E-state index contributed by atoms with van der Waals surface area (Å²) >= 11 is 0. The van der Waals surface area contributed by atoms with Gasteiger partial charge in [-0.15, -0.1) is 5.23 Å². The molecule has 0 saturated carbocycles. The highest BCUT2D eigenvalue weighted by atomic mass is 16.9. The van der Waals surface area contributed by atoms with Crippen molar-refractivity contribution in [2.45, 2.75) is 19.8 Å². The number of allylic oxidation sites excluding steroid dienone is 1. The Balaban J connectivity index is 3.40. The predicted molar refractivity (Wildman–Crippen MR) is 39.9 cm³/mol. The van der Waals surface area contributed by atoms with E-state index in [-0.39, 0.29) is 0 Å². The molecule has 3 heteroatoms. The van der Waals surface area contributed by atoms with Gasteiger partial charge in [-0.2, -0.15) is 0 Å². The summed E-state index contributed by atoms with van der Waals surface area (Å²) in [4.78, 5) is 9.54. The van der Waals surface area contributed by atoms with Crippen LogP contribution in [0.2, 0.25) is 0 Å². The fourth-order valence-corrected chi connectivity index (χ4v) is 0.524. The standard InChI is InChI=1S/C7H15NO2/c1-4-5-6-7-8(9-2)10-3/h6-7H,4-5H2,1-3H3. The Morgan fingerprint density at radius 2 is 1.90 bits per heavy atom. The minimum atomic E-state index is 1.04. The Bertz CT molecular complexity index is 89.6. The van der Waals surface area contributed by atoms with Crippen molar-refractivity contribution in [2.75, 3.05) is 14.2 Å². The second-order valence-corrected chi connectivity index (χ2v) is 1.82. The summed E-state index contributed by atoms with van der Waals surface area (Å²) in [5, 5.41) is 1.30. The molecule has 60 valence electrons. The molecule has 0 N–H and O–H groups in total. The quantitative estimate of drug-likeness (QED) is 0.550. The molecule has 0 aromatic heterocycles. The molecular weight excluding hydrogens is 130 g/mol. The Morgan fingerprint density at radius 1 is 1.30 bits per heavy atom. The van der Waals surface area contributed by atoms with Crippen molar-refractivity contribution >= 4 is 0 Å². The van der Waals surface area contributed by atoms with Crippen molar-refractivity contribution in [1.29, 1.82) is 0 Å². The maximum atomic E-state index is 4.77. The van der Waals surface area contributed by atoms with Crippen LogP contribution in [-0.2, 0) is 9.68 Å². The molecule has 0 bridgehead atoms. The van der Waals surface area contributed by atoms with E-state index in [4.69, 9.17) is 9.68 Å². The maximum absolute atomic E-state index is 4.77. The van der Waals surface area contributed by atoms with Gasteiger partial charge >= 0.3 is 0 Å². The number of rotatable bonds is 5. The van der Waals surface area contributed by atoms with Crippen LogP contribution in [0.1, 0.15) is 19.8 Å². The molecule has 0 fully saturated rings. The van der Waals surface area contributed by atoms with Crippen LogP contribution in [0.25, 0.3) is 0 Å². The summed E-state index contributed by atoms with van der Waals surface area (Å²) in [6.07, 6.45) is 5.93. The molecule has 0 saturated heterocycles. The van der Waals surface area contributed by atoms with Gasteiger partial charge in [0.15, 0.2) is 0 Å². The Labute approximate surface area is 62.1 Å². The van der Waals surface area contributed by atoms with E-state index in [1.165, 1.54) is 5.23 Å². The SMILES string of the molecule is CCCC=CN(OC)OC. The first-order chi connectivity index (χ1) is 4.85. The van der Waals surface area contributed by atoms with Crippen LogP contribution in [0.3, 0.4) is 0 Å². The Morgan fingerprint density at radius 3 is 2.30 bits per heavy atom. The second-order valence-electron chi connectivity index (χ2n) is 1.82. The van der Waals surface area contributed by atoms with Crippen LogP contribution in [0.15, 0.2) is 12.3 Å². The number of nitrogens with zero attached hydrogens (tertiary/aromatic N) is 1. The summed E-state index contributed by atoms with van der Waals surface area (Å²) < 4.78 is 0. The number of hydrogen-bond donors (Lipinski definition) is 0. The lowest BCUT2D eigenvalue weighted by Crippen LogP contribution is -2.12. The van der Waals surface area contributed by atoms with E-state index < -0.39 is 0 Å². The highest BCUT2D eigenvalue weighted by Gasteiger charge is 1.88. The summed E-state index contributed by atoms with van der Waals surface area (Å²) in [7, 11) is 3.11. The Kier molecular flexibility index (Phi) is 6.22. The minimum Gasteiger partial charge on any atom is -0.252 e. The fourth-order valence-electron chi connectivity index (χ4n) is 0.524. The lowest BCUT2D eigenvalue weighted by Gasteiger charge is -2.11. The van der Waals surface area contributed by atoms with Crippen LogP contribution < -0.4 is 0 Å². The third-order valence-corrected chi connectivity index (χ3v) is 1.04. The predicted octanol–water partition coefficient (Wildman–Crippen LogP) is 1.73. The van der Waals surface area contributed by atoms with Gasteiger partial charge in [0.2, 0.25) is 0 Å². The molecule has 0 aliphatic rings. The molecule has 0 aliphatic carbocycles. The molecule has 0 unspecified atom stereocenters. The molecule has 0 aromatic carbocycles. The van der Waals surface area contributed by atoms with Gasteiger partial charge in [-0.25, -0.2) is 0 Å². The zero-order valence-corrected chi connectivity index (χ0v) is 6.83. The van der Waals surface area contributed by atoms with Crippen molar-refractivity contribution in [2.24, 2.45) is 0 Å². The topological polar surface area (TPSA) is 21.7 Å². The first kappa shape index (κ1) is 9.46. The average molecular weight is 145 g/mol. The third-order valence-electron chi connectivity index (χ3n) is 1.04. The molecule has 0 rings (SSSR count). The van der Waals surface area contributed by atoms with Crippen LogP contribution >= 0.6 is 0 Å². The molecule has 0 aromatic rings. The van der Waals surface area contributed by atoms with Gasteiger partial charge in [0.1, 0.15) is 0 Å². The molecule has 0 amide bonds. The highest BCUT2D eigenvalue weighted by Crippen LogP contribution is 1.93. The largest absolute Gasteiger partial charge is 0.252 e. The van der Waals surface area contributed by atoms with Gasteiger partial charge in [-0.05, 0) is 6.42 Å². The van der Waals surface area contributed by atoms with E-state index in [9.17, 15) is 0 Å². The highest BCUT2D eigenvalue weighted by molar-refractivity contribution is 4.74. The third kappa shape index (κ3) is 4.35. The van der Waals surface area contributed by atoms with Gasteiger partial charge in [0, 0.05) is 0 Å². The first-order valence-corrected chi connectivity index (χ1v) is 3.39. The van der Waals surface area contributed by atoms with Gasteiger partial charge in [-0.3, -0.25) is 9.68 Å². The van der Waals surface area contributed by atoms with Gasteiger partial charge in [-0.1, -0.05) is 19.4 Å². The molecule has 10 heavy (non-hydrogen) atoms. The summed E-state index contributed by atoms with van der Waals surface area (Å²) in [6, 6.07) is 0. The summed E-state index contributed by atoms with van der Waals surface area (Å²) in [6.45, 7) is 2.12. The van der Waals surface area contributed by atoms with E-state index in [1.807, 2.05) is 6.08 Å². The monoisotopic (exact) mass is 145 g/mol. The molecule has 0 heterocycles.